The molecule has 0 saturated heterocycles. The number of hydrazone groups is 1. The summed E-state index contributed by atoms with van der Waals surface area (Å²) >= 11 is 0. The van der Waals surface area contributed by atoms with E-state index in [9.17, 15) is 31.1 Å². The van der Waals surface area contributed by atoms with E-state index in [1.165, 1.54) is 6.20 Å². The summed E-state index contributed by atoms with van der Waals surface area (Å²) in [5.74, 6) is -0.983. The highest BCUT2D eigenvalue weighted by atomic mass is 31.1. The maximum atomic E-state index is 14.6. The number of halogens is 6. The van der Waals surface area contributed by atoms with Crippen LogP contribution in [-0.4, -0.2) is 37.7 Å². The van der Waals surface area contributed by atoms with Crippen LogP contribution in [0.5, 0.6) is 0 Å². The first kappa shape index (κ1) is 29.1. The number of alkyl halides is 6. The SMILES string of the molecule is N=C/C=N\Nc1ncc(-c2cnn(-c3ncc4c5c(cccc35)C(=O)P4Cc3ccccc3)c2C(F)(F)F)cc1C(F)(F)F. The van der Waals surface area contributed by atoms with Gasteiger partial charge in [-0.2, -0.15) is 36.5 Å². The van der Waals surface area contributed by atoms with E-state index >= 15 is 0 Å². The Bertz CT molecular complexity index is 1950. The van der Waals surface area contributed by atoms with Crippen LogP contribution in [0.4, 0.5) is 32.2 Å². The summed E-state index contributed by atoms with van der Waals surface area (Å²) in [5.41, 5.74) is -0.654. The van der Waals surface area contributed by atoms with Gasteiger partial charge in [-0.05, 0) is 11.6 Å². The van der Waals surface area contributed by atoms with Gasteiger partial charge < -0.3 is 5.41 Å². The predicted molar refractivity (Wildman–Crippen MR) is 154 cm³/mol. The number of nitrogens with zero attached hydrogens (tertiary/aromatic N) is 5. The Morgan fingerprint density at radius 3 is 2.41 bits per heavy atom. The van der Waals surface area contributed by atoms with Gasteiger partial charge in [0, 0.05) is 65.5 Å². The van der Waals surface area contributed by atoms with E-state index in [4.69, 9.17) is 5.41 Å². The van der Waals surface area contributed by atoms with Gasteiger partial charge in [-0.15, -0.1) is 0 Å². The molecular weight excluding hydrogens is 607 g/mol. The van der Waals surface area contributed by atoms with Crippen molar-refractivity contribution in [1.82, 2.24) is 19.7 Å². The quantitative estimate of drug-likeness (QED) is 0.0874. The van der Waals surface area contributed by atoms with Crippen molar-refractivity contribution in [2.45, 2.75) is 18.5 Å². The first-order valence-corrected chi connectivity index (χ1v) is 14.3. The van der Waals surface area contributed by atoms with Crippen molar-refractivity contribution in [3.05, 3.63) is 95.6 Å². The summed E-state index contributed by atoms with van der Waals surface area (Å²) in [4.78, 5) is 21.4. The summed E-state index contributed by atoms with van der Waals surface area (Å²) < 4.78 is 86.0. The number of carbonyl (C=O) groups is 1. The fourth-order valence-electron chi connectivity index (χ4n) is 5.05. The topological polar surface area (TPSA) is 109 Å². The molecule has 0 amide bonds. The largest absolute Gasteiger partial charge is 0.434 e. The zero-order valence-corrected chi connectivity index (χ0v) is 23.0. The minimum atomic E-state index is -5.07. The van der Waals surface area contributed by atoms with Gasteiger partial charge in [0.1, 0.15) is 5.56 Å². The lowest BCUT2D eigenvalue weighted by Crippen LogP contribution is -2.17. The van der Waals surface area contributed by atoms with Crippen LogP contribution < -0.4 is 10.7 Å². The van der Waals surface area contributed by atoms with Crippen molar-refractivity contribution < 1.29 is 31.1 Å². The Hall–Kier alpha value is -4.97. The van der Waals surface area contributed by atoms with Gasteiger partial charge >= 0.3 is 12.4 Å². The summed E-state index contributed by atoms with van der Waals surface area (Å²) in [6, 6.07) is 14.6. The van der Waals surface area contributed by atoms with E-state index in [0.717, 1.165) is 24.2 Å². The average Bonchev–Trinajstić information content (AvgIpc) is 3.55. The maximum absolute atomic E-state index is 14.6. The predicted octanol–water partition coefficient (Wildman–Crippen LogP) is 7.03. The molecule has 4 heterocycles. The molecule has 2 aromatic carbocycles. The number of benzene rings is 2. The maximum Gasteiger partial charge on any atom is 0.434 e. The fourth-order valence-corrected chi connectivity index (χ4v) is 7.34. The monoisotopic (exact) mass is 625 g/mol. The second-order valence-electron chi connectivity index (χ2n) is 9.56. The minimum Gasteiger partial charge on any atom is -0.307 e. The molecule has 1 aliphatic rings. The first-order chi connectivity index (χ1) is 21.0. The Morgan fingerprint density at radius 1 is 0.932 bits per heavy atom. The van der Waals surface area contributed by atoms with Crippen molar-refractivity contribution in [1.29, 1.82) is 5.41 Å². The van der Waals surface area contributed by atoms with Crippen LogP contribution in [0.1, 0.15) is 27.2 Å². The Labute approximate surface area is 245 Å². The molecule has 222 valence electrons. The van der Waals surface area contributed by atoms with Crippen LogP contribution >= 0.6 is 7.92 Å². The van der Waals surface area contributed by atoms with Crippen LogP contribution in [0.25, 0.3) is 27.7 Å². The summed E-state index contributed by atoms with van der Waals surface area (Å²) in [5, 5.41) is 15.6. The Morgan fingerprint density at radius 2 is 1.70 bits per heavy atom. The molecule has 1 unspecified atom stereocenters. The molecule has 0 spiro atoms. The average molecular weight is 625 g/mol. The number of anilines is 1. The van der Waals surface area contributed by atoms with E-state index < -0.39 is 48.5 Å². The summed E-state index contributed by atoms with van der Waals surface area (Å²) in [7, 11) is -1.39. The van der Waals surface area contributed by atoms with Crippen molar-refractivity contribution >= 4 is 47.8 Å². The van der Waals surface area contributed by atoms with Gasteiger partial charge in [-0.25, -0.2) is 14.6 Å². The number of carbonyl (C=O) groups excluding carboxylic acids is 1. The normalized spacial score (nSPS) is 15.0. The number of pyridine rings is 2. The third-order valence-electron chi connectivity index (χ3n) is 6.88. The molecule has 0 saturated carbocycles. The lowest BCUT2D eigenvalue weighted by molar-refractivity contribution is -0.142. The van der Waals surface area contributed by atoms with Crippen LogP contribution in [0.15, 0.2) is 78.3 Å². The molecule has 2 N–H and O–H groups in total. The zero-order valence-electron chi connectivity index (χ0n) is 22.1. The van der Waals surface area contributed by atoms with Crippen molar-refractivity contribution in [2.75, 3.05) is 5.43 Å². The molecule has 0 aliphatic carbocycles. The van der Waals surface area contributed by atoms with Crippen LogP contribution in [0, 0.1) is 5.41 Å². The number of aromatic nitrogens is 4. The summed E-state index contributed by atoms with van der Waals surface area (Å²) in [6.07, 6.45) is -5.02. The number of rotatable bonds is 7. The van der Waals surface area contributed by atoms with Gasteiger partial charge in [0.05, 0.1) is 12.4 Å². The fraction of sp³-hybridized carbons (Fsp3) is 0.103. The third kappa shape index (κ3) is 5.11. The van der Waals surface area contributed by atoms with E-state index in [2.05, 4.69) is 20.2 Å². The van der Waals surface area contributed by atoms with Gasteiger partial charge in [0.2, 0.25) is 0 Å². The Balaban J connectivity index is 1.49. The highest BCUT2D eigenvalue weighted by Crippen LogP contribution is 2.51. The second-order valence-corrected chi connectivity index (χ2v) is 11.6. The zero-order chi connectivity index (χ0) is 31.2. The lowest BCUT2D eigenvalue weighted by Gasteiger charge is -2.16. The number of hydrogen-bond acceptors (Lipinski definition) is 7. The van der Waals surface area contributed by atoms with Gasteiger partial charge in [0.25, 0.3) is 0 Å². The minimum absolute atomic E-state index is 0.120. The molecule has 8 nitrogen and oxygen atoms in total. The Kier molecular flexibility index (Phi) is 7.24. The summed E-state index contributed by atoms with van der Waals surface area (Å²) in [6.45, 7) is 0. The van der Waals surface area contributed by atoms with E-state index in [-0.39, 0.29) is 16.7 Å². The number of nitrogens with one attached hydrogen (secondary N) is 2. The van der Waals surface area contributed by atoms with Crippen molar-refractivity contribution in [3.63, 3.8) is 0 Å². The van der Waals surface area contributed by atoms with Crippen molar-refractivity contribution in [3.8, 4) is 16.9 Å². The van der Waals surface area contributed by atoms with Gasteiger partial charge in [-0.3, -0.25) is 10.2 Å². The van der Waals surface area contributed by atoms with E-state index in [1.807, 2.05) is 35.8 Å². The molecule has 6 rings (SSSR count). The molecular formula is C29H18F6N7OP. The second kappa shape index (κ2) is 10.9. The highest BCUT2D eigenvalue weighted by molar-refractivity contribution is 7.82. The molecule has 0 fully saturated rings. The smallest absolute Gasteiger partial charge is 0.307 e. The van der Waals surface area contributed by atoms with Crippen molar-refractivity contribution in [2.24, 2.45) is 5.10 Å². The molecule has 1 atom stereocenters. The third-order valence-corrected chi connectivity index (χ3v) is 9.22. The highest BCUT2D eigenvalue weighted by Gasteiger charge is 2.42. The van der Waals surface area contributed by atoms with Crippen LogP contribution in [0.2, 0.25) is 0 Å². The molecule has 3 aromatic heterocycles. The van der Waals surface area contributed by atoms with Crippen LogP contribution in [0.3, 0.4) is 0 Å². The van der Waals surface area contributed by atoms with E-state index in [0.29, 0.717) is 39.4 Å². The molecule has 44 heavy (non-hydrogen) atoms. The molecule has 15 heteroatoms. The molecule has 0 radical (unpaired) electrons. The lowest BCUT2D eigenvalue weighted by atomic mass is 10.0. The number of hydrogen-bond donors (Lipinski definition) is 2. The molecule has 1 aliphatic heterocycles. The molecule has 0 bridgehead atoms. The van der Waals surface area contributed by atoms with Gasteiger partial charge in [-0.1, -0.05) is 48.5 Å². The standard InChI is InChI=1S/C29H18F6N7OP/c30-28(31,32)21-11-17(12-37-25(21)41-39-10-9-36)20-13-40-42(24(20)29(33,34)35)26-18-7-4-8-19-23(18)22(14-38-26)44(27(19)43)15-16-5-2-1-3-6-16/h1-14,36H,15H2,(H,37,41)/b36-9?,39-10-. The van der Waals surface area contributed by atoms with Crippen LogP contribution in [-0.2, 0) is 18.5 Å². The van der Waals surface area contributed by atoms with Gasteiger partial charge in [0.15, 0.2) is 22.9 Å². The van der Waals surface area contributed by atoms with E-state index in [1.54, 1.807) is 18.2 Å². The first-order valence-electron chi connectivity index (χ1n) is 12.8. The molecule has 5 aromatic rings.